The van der Waals surface area contributed by atoms with Crippen molar-refractivity contribution in [3.8, 4) is 0 Å². The van der Waals surface area contributed by atoms with E-state index in [1.165, 1.54) is 17.0 Å². The van der Waals surface area contributed by atoms with Crippen LogP contribution in [0.3, 0.4) is 0 Å². The van der Waals surface area contributed by atoms with E-state index in [9.17, 15) is 9.18 Å². The van der Waals surface area contributed by atoms with Crippen LogP contribution >= 0.6 is 0 Å². The summed E-state index contributed by atoms with van der Waals surface area (Å²) in [6.07, 6.45) is 0.537. The van der Waals surface area contributed by atoms with Gasteiger partial charge in [-0.1, -0.05) is 17.3 Å². The van der Waals surface area contributed by atoms with E-state index in [0.717, 1.165) is 6.21 Å². The summed E-state index contributed by atoms with van der Waals surface area (Å²) in [5.74, 6) is -0.516. The molecular formula is C14H19FN2O3. The average molecular weight is 282 g/mol. The van der Waals surface area contributed by atoms with Crippen LogP contribution in [0.4, 0.5) is 9.18 Å². The third-order valence-corrected chi connectivity index (χ3v) is 2.39. The Morgan fingerprint density at radius 2 is 2.15 bits per heavy atom. The molecule has 0 aliphatic carbocycles. The summed E-state index contributed by atoms with van der Waals surface area (Å²) < 4.78 is 18.8. The molecule has 0 aromatic heterocycles. The molecule has 5 nitrogen and oxygen atoms in total. The highest BCUT2D eigenvalue weighted by Gasteiger charge is 2.19. The number of carbonyl (C=O) groups excluding carboxylic acids is 1. The quantitative estimate of drug-likeness (QED) is 0.526. The molecule has 0 atom stereocenters. The predicted octanol–water partition coefficient (Wildman–Crippen LogP) is 3.00. The molecule has 0 bridgehead atoms. The molecule has 1 amide bonds. The number of oxime groups is 1. The van der Waals surface area contributed by atoms with Crippen molar-refractivity contribution in [1.29, 1.82) is 0 Å². The van der Waals surface area contributed by atoms with E-state index in [1.54, 1.807) is 33.9 Å². The minimum absolute atomic E-state index is 0.177. The lowest BCUT2D eigenvalue weighted by molar-refractivity contribution is 0.0285. The average Bonchev–Trinajstić information content (AvgIpc) is 2.30. The Labute approximate surface area is 117 Å². The zero-order valence-corrected chi connectivity index (χ0v) is 12.1. The predicted molar refractivity (Wildman–Crippen MR) is 73.5 cm³/mol. The van der Waals surface area contributed by atoms with Gasteiger partial charge in [-0.15, -0.1) is 0 Å². The van der Waals surface area contributed by atoms with Crippen molar-refractivity contribution < 1.29 is 19.1 Å². The van der Waals surface area contributed by atoms with E-state index in [2.05, 4.69) is 5.16 Å². The molecule has 1 N–H and O–H groups in total. The largest absolute Gasteiger partial charge is 0.444 e. The van der Waals surface area contributed by atoms with Gasteiger partial charge in [0.15, 0.2) is 0 Å². The molecule has 1 aromatic carbocycles. The van der Waals surface area contributed by atoms with Gasteiger partial charge < -0.3 is 14.8 Å². The Hall–Kier alpha value is -2.11. The Balaban J connectivity index is 2.73. The highest BCUT2D eigenvalue weighted by Crippen LogP contribution is 2.13. The van der Waals surface area contributed by atoms with E-state index in [-0.39, 0.29) is 12.1 Å². The molecule has 0 unspecified atom stereocenters. The number of carbonyl (C=O) groups is 1. The van der Waals surface area contributed by atoms with Gasteiger partial charge in [0.1, 0.15) is 11.4 Å². The normalized spacial score (nSPS) is 11.7. The second-order valence-electron chi connectivity index (χ2n) is 5.44. The molecular weight excluding hydrogens is 263 g/mol. The van der Waals surface area contributed by atoms with Crippen molar-refractivity contribution in [1.82, 2.24) is 4.90 Å². The number of rotatable bonds is 3. The maximum Gasteiger partial charge on any atom is 0.410 e. The fraction of sp³-hybridized carbons (Fsp3) is 0.429. The number of hydrogen-bond donors (Lipinski definition) is 1. The summed E-state index contributed by atoms with van der Waals surface area (Å²) in [5.41, 5.74) is 0.222. The summed E-state index contributed by atoms with van der Waals surface area (Å²) in [6.45, 7) is 5.56. The minimum atomic E-state index is -0.571. The molecule has 6 heteroatoms. The first kappa shape index (κ1) is 15.9. The van der Waals surface area contributed by atoms with Crippen molar-refractivity contribution in [2.45, 2.75) is 32.9 Å². The monoisotopic (exact) mass is 282 g/mol. The van der Waals surface area contributed by atoms with Crippen molar-refractivity contribution in [2.24, 2.45) is 5.16 Å². The van der Waals surface area contributed by atoms with E-state index in [0.29, 0.717) is 5.56 Å². The van der Waals surface area contributed by atoms with Gasteiger partial charge in [-0.2, -0.15) is 0 Å². The number of hydrogen-bond acceptors (Lipinski definition) is 4. The SMILES string of the molecule is CN(Cc1ccc(/C=N\O)c(F)c1)C(=O)OC(C)(C)C. The fourth-order valence-electron chi connectivity index (χ4n) is 1.51. The standard InChI is InChI=1S/C14H19FN2O3/c1-14(2,3)20-13(18)17(4)9-10-5-6-11(8-16-19)12(15)7-10/h5-8,19H,9H2,1-4H3/b16-8-. The van der Waals surface area contributed by atoms with Crippen LogP contribution in [0.2, 0.25) is 0 Å². The van der Waals surface area contributed by atoms with Gasteiger partial charge >= 0.3 is 6.09 Å². The lowest BCUT2D eigenvalue weighted by atomic mass is 10.1. The van der Waals surface area contributed by atoms with Crippen LogP contribution in [-0.2, 0) is 11.3 Å². The van der Waals surface area contributed by atoms with Crippen molar-refractivity contribution in [3.05, 3.63) is 35.1 Å². The van der Waals surface area contributed by atoms with Crippen molar-refractivity contribution >= 4 is 12.3 Å². The van der Waals surface area contributed by atoms with Crippen LogP contribution in [0.1, 0.15) is 31.9 Å². The first-order valence-corrected chi connectivity index (χ1v) is 6.13. The minimum Gasteiger partial charge on any atom is -0.444 e. The Kier molecular flexibility index (Phi) is 5.07. The van der Waals surface area contributed by atoms with E-state index < -0.39 is 17.5 Å². The zero-order chi connectivity index (χ0) is 15.3. The van der Waals surface area contributed by atoms with Crippen LogP contribution in [0.5, 0.6) is 0 Å². The summed E-state index contributed by atoms with van der Waals surface area (Å²) in [6, 6.07) is 4.42. The van der Waals surface area contributed by atoms with Gasteiger partial charge in [0.25, 0.3) is 0 Å². The molecule has 1 rings (SSSR count). The van der Waals surface area contributed by atoms with Crippen LogP contribution in [0, 0.1) is 5.82 Å². The van der Waals surface area contributed by atoms with Crippen LogP contribution in [0.25, 0.3) is 0 Å². The van der Waals surface area contributed by atoms with Crippen molar-refractivity contribution in [3.63, 3.8) is 0 Å². The second-order valence-corrected chi connectivity index (χ2v) is 5.44. The molecule has 20 heavy (non-hydrogen) atoms. The van der Waals surface area contributed by atoms with Gasteiger partial charge in [0.05, 0.1) is 6.21 Å². The Morgan fingerprint density at radius 1 is 1.50 bits per heavy atom. The summed E-state index contributed by atoms with van der Waals surface area (Å²) in [4.78, 5) is 13.1. The Morgan fingerprint density at radius 3 is 2.65 bits per heavy atom. The summed E-state index contributed by atoms with van der Waals surface area (Å²) >= 11 is 0. The smallest absolute Gasteiger partial charge is 0.410 e. The molecule has 0 saturated heterocycles. The maximum absolute atomic E-state index is 13.6. The zero-order valence-electron chi connectivity index (χ0n) is 12.1. The topological polar surface area (TPSA) is 62.1 Å². The molecule has 0 fully saturated rings. The van der Waals surface area contributed by atoms with Crippen LogP contribution in [-0.4, -0.2) is 35.1 Å². The van der Waals surface area contributed by atoms with Crippen molar-refractivity contribution in [2.75, 3.05) is 7.05 Å². The molecule has 0 saturated carbocycles. The summed E-state index contributed by atoms with van der Waals surface area (Å²) in [7, 11) is 1.58. The number of ether oxygens (including phenoxy) is 1. The van der Waals surface area contributed by atoms with E-state index in [4.69, 9.17) is 9.94 Å². The molecule has 0 heterocycles. The molecule has 0 aliphatic rings. The lowest BCUT2D eigenvalue weighted by Crippen LogP contribution is -2.33. The van der Waals surface area contributed by atoms with E-state index in [1.807, 2.05) is 0 Å². The molecule has 110 valence electrons. The first-order chi connectivity index (χ1) is 9.23. The van der Waals surface area contributed by atoms with Gasteiger partial charge in [-0.05, 0) is 32.4 Å². The maximum atomic E-state index is 13.6. The number of amides is 1. The highest BCUT2D eigenvalue weighted by atomic mass is 19.1. The van der Waals surface area contributed by atoms with Crippen LogP contribution < -0.4 is 0 Å². The van der Waals surface area contributed by atoms with E-state index >= 15 is 0 Å². The summed E-state index contributed by atoms with van der Waals surface area (Å²) in [5, 5.41) is 11.1. The first-order valence-electron chi connectivity index (χ1n) is 6.13. The van der Waals surface area contributed by atoms with Gasteiger partial charge in [-0.25, -0.2) is 9.18 Å². The third kappa shape index (κ3) is 4.87. The molecule has 0 spiro atoms. The third-order valence-electron chi connectivity index (χ3n) is 2.39. The molecule has 1 aromatic rings. The molecule has 0 aliphatic heterocycles. The molecule has 0 radical (unpaired) electrons. The van der Waals surface area contributed by atoms with Crippen LogP contribution in [0.15, 0.2) is 23.4 Å². The Bertz CT molecular complexity index is 510. The second kappa shape index (κ2) is 6.36. The highest BCUT2D eigenvalue weighted by molar-refractivity contribution is 5.79. The van der Waals surface area contributed by atoms with Gasteiger partial charge in [-0.3, -0.25) is 0 Å². The van der Waals surface area contributed by atoms with Gasteiger partial charge in [0.2, 0.25) is 0 Å². The lowest BCUT2D eigenvalue weighted by Gasteiger charge is -2.24. The van der Waals surface area contributed by atoms with Gasteiger partial charge in [0, 0.05) is 19.2 Å². The fourth-order valence-corrected chi connectivity index (χ4v) is 1.51. The number of benzene rings is 1. The number of halogens is 1. The number of nitrogens with zero attached hydrogens (tertiary/aromatic N) is 2.